The van der Waals surface area contributed by atoms with Crippen LogP contribution < -0.4 is 5.32 Å². The fraction of sp³-hybridized carbons (Fsp3) is 0.636. The number of rotatable bonds is 2. The molecule has 14 heavy (non-hydrogen) atoms. The second kappa shape index (κ2) is 4.80. The molecule has 0 saturated carbocycles. The molecular formula is C11H18N2O. The minimum Gasteiger partial charge on any atom is -0.347 e. The lowest BCUT2D eigenvalue weighted by Gasteiger charge is -2.20. The summed E-state index contributed by atoms with van der Waals surface area (Å²) in [7, 11) is 0. The van der Waals surface area contributed by atoms with E-state index >= 15 is 0 Å². The van der Waals surface area contributed by atoms with Crippen molar-refractivity contribution in [2.24, 2.45) is 5.92 Å². The zero-order valence-corrected chi connectivity index (χ0v) is 9.51. The third kappa shape index (κ3) is 5.36. The highest BCUT2D eigenvalue weighted by Gasteiger charge is 2.16. The monoisotopic (exact) mass is 194 g/mol. The molecule has 0 aromatic rings. The van der Waals surface area contributed by atoms with E-state index in [4.69, 9.17) is 5.26 Å². The Morgan fingerprint density at radius 2 is 1.93 bits per heavy atom. The molecule has 0 heterocycles. The van der Waals surface area contributed by atoms with Gasteiger partial charge in [0.15, 0.2) is 0 Å². The summed E-state index contributed by atoms with van der Waals surface area (Å²) < 4.78 is 0. The predicted octanol–water partition coefficient (Wildman–Crippen LogP) is 2.01. The van der Waals surface area contributed by atoms with Crippen molar-refractivity contribution >= 4 is 5.91 Å². The Hall–Kier alpha value is -1.30. The van der Waals surface area contributed by atoms with Crippen LogP contribution in [0, 0.1) is 17.2 Å². The van der Waals surface area contributed by atoms with Crippen LogP contribution in [0.15, 0.2) is 11.6 Å². The number of amides is 1. The van der Waals surface area contributed by atoms with E-state index < -0.39 is 0 Å². The predicted molar refractivity (Wildman–Crippen MR) is 56.4 cm³/mol. The second-order valence-electron chi connectivity index (χ2n) is 4.64. The van der Waals surface area contributed by atoms with Gasteiger partial charge < -0.3 is 5.32 Å². The van der Waals surface area contributed by atoms with Gasteiger partial charge in [0.1, 0.15) is 11.6 Å². The maximum absolute atomic E-state index is 11.5. The molecule has 1 amide bonds. The zero-order valence-electron chi connectivity index (χ0n) is 9.51. The van der Waals surface area contributed by atoms with Crippen molar-refractivity contribution < 1.29 is 4.79 Å². The maximum Gasteiger partial charge on any atom is 0.262 e. The number of hydrogen-bond acceptors (Lipinski definition) is 2. The molecule has 3 heteroatoms. The van der Waals surface area contributed by atoms with Gasteiger partial charge in [0.05, 0.1) is 0 Å². The molecule has 0 unspecified atom stereocenters. The molecule has 0 rings (SSSR count). The average Bonchev–Trinajstić information content (AvgIpc) is 1.96. The second-order valence-corrected chi connectivity index (χ2v) is 4.64. The van der Waals surface area contributed by atoms with Crippen LogP contribution in [-0.2, 0) is 4.79 Å². The molecule has 0 fully saturated rings. The summed E-state index contributed by atoms with van der Waals surface area (Å²) in [6, 6.07) is 1.90. The number of hydrogen-bond donors (Lipinski definition) is 1. The number of nitrogens with zero attached hydrogens (tertiary/aromatic N) is 1. The summed E-state index contributed by atoms with van der Waals surface area (Å²) in [5.74, 6) is -0.0935. The molecule has 0 spiro atoms. The van der Waals surface area contributed by atoms with Gasteiger partial charge >= 0.3 is 0 Å². The van der Waals surface area contributed by atoms with Crippen LogP contribution in [0.4, 0.5) is 0 Å². The van der Waals surface area contributed by atoms with Gasteiger partial charge in [-0.15, -0.1) is 0 Å². The number of allylic oxidation sites excluding steroid dienone is 1. The number of nitriles is 1. The van der Waals surface area contributed by atoms with E-state index in [0.29, 0.717) is 0 Å². The maximum atomic E-state index is 11.5. The van der Waals surface area contributed by atoms with Gasteiger partial charge in [-0.1, -0.05) is 19.9 Å². The minimum absolute atomic E-state index is 0.190. The molecule has 0 saturated heterocycles. The van der Waals surface area contributed by atoms with Crippen LogP contribution in [0.3, 0.4) is 0 Å². The van der Waals surface area contributed by atoms with Gasteiger partial charge in [0.25, 0.3) is 5.91 Å². The lowest BCUT2D eigenvalue weighted by atomic mass is 10.1. The summed E-state index contributed by atoms with van der Waals surface area (Å²) in [6.45, 7) is 9.52. The molecule has 0 aliphatic heterocycles. The molecule has 0 aliphatic rings. The Kier molecular flexibility index (Phi) is 4.36. The Morgan fingerprint density at radius 1 is 1.43 bits per heavy atom. The van der Waals surface area contributed by atoms with Crippen molar-refractivity contribution in [1.82, 2.24) is 5.32 Å². The lowest BCUT2D eigenvalue weighted by molar-refractivity contribution is -0.118. The highest BCUT2D eigenvalue weighted by molar-refractivity contribution is 5.97. The number of nitrogens with one attached hydrogen (secondary N) is 1. The van der Waals surface area contributed by atoms with Gasteiger partial charge in [-0.25, -0.2) is 0 Å². The van der Waals surface area contributed by atoms with Crippen LogP contribution in [0.25, 0.3) is 0 Å². The third-order valence-electron chi connectivity index (χ3n) is 1.35. The first-order valence-corrected chi connectivity index (χ1v) is 4.70. The van der Waals surface area contributed by atoms with Crippen LogP contribution in [0.5, 0.6) is 0 Å². The Morgan fingerprint density at radius 3 is 2.21 bits per heavy atom. The van der Waals surface area contributed by atoms with Crippen LogP contribution in [0.2, 0.25) is 0 Å². The quantitative estimate of drug-likeness (QED) is 0.540. The summed E-state index contributed by atoms with van der Waals surface area (Å²) in [5, 5.41) is 11.5. The average molecular weight is 194 g/mol. The first kappa shape index (κ1) is 12.7. The van der Waals surface area contributed by atoms with Gasteiger partial charge in [-0.3, -0.25) is 4.79 Å². The molecule has 0 aromatic heterocycles. The van der Waals surface area contributed by atoms with Crippen molar-refractivity contribution in [1.29, 1.82) is 5.26 Å². The smallest absolute Gasteiger partial charge is 0.262 e. The molecule has 0 aromatic carbocycles. The molecular weight excluding hydrogens is 176 g/mol. The third-order valence-corrected chi connectivity index (χ3v) is 1.35. The van der Waals surface area contributed by atoms with E-state index in [2.05, 4.69) is 5.32 Å². The summed E-state index contributed by atoms with van der Waals surface area (Å²) >= 11 is 0. The Balaban J connectivity index is 4.60. The fourth-order valence-electron chi connectivity index (χ4n) is 0.905. The zero-order chi connectivity index (χ0) is 11.4. The van der Waals surface area contributed by atoms with Gasteiger partial charge in [0, 0.05) is 5.54 Å². The van der Waals surface area contributed by atoms with E-state index in [1.54, 1.807) is 6.08 Å². The first-order chi connectivity index (χ1) is 6.26. The topological polar surface area (TPSA) is 52.9 Å². The van der Waals surface area contributed by atoms with Crippen molar-refractivity contribution in [2.75, 3.05) is 0 Å². The standard InChI is InChI=1S/C11H18N2O/c1-8(2)6-9(7-12)10(14)13-11(3,4)5/h6,8H,1-5H3,(H,13,14)/b9-6+. The van der Waals surface area contributed by atoms with Crippen LogP contribution >= 0.6 is 0 Å². The van der Waals surface area contributed by atoms with E-state index in [0.717, 1.165) is 0 Å². The highest BCUT2D eigenvalue weighted by Crippen LogP contribution is 2.05. The van der Waals surface area contributed by atoms with E-state index in [-0.39, 0.29) is 22.9 Å². The number of carbonyl (C=O) groups excluding carboxylic acids is 1. The molecule has 1 N–H and O–H groups in total. The van der Waals surface area contributed by atoms with Crippen molar-refractivity contribution in [3.8, 4) is 6.07 Å². The van der Waals surface area contributed by atoms with Crippen LogP contribution in [0.1, 0.15) is 34.6 Å². The molecule has 3 nitrogen and oxygen atoms in total. The number of carbonyl (C=O) groups is 1. The molecule has 0 atom stereocenters. The summed E-state index contributed by atoms with van der Waals surface area (Å²) in [4.78, 5) is 11.5. The highest BCUT2D eigenvalue weighted by atomic mass is 16.1. The SMILES string of the molecule is CC(C)/C=C(\C#N)C(=O)NC(C)(C)C. The van der Waals surface area contributed by atoms with E-state index in [1.165, 1.54) is 0 Å². The molecule has 0 aliphatic carbocycles. The van der Waals surface area contributed by atoms with E-state index in [1.807, 2.05) is 40.7 Å². The van der Waals surface area contributed by atoms with Gasteiger partial charge in [-0.2, -0.15) is 5.26 Å². The normalized spacial score (nSPS) is 12.5. The van der Waals surface area contributed by atoms with Gasteiger partial charge in [-0.05, 0) is 26.7 Å². The van der Waals surface area contributed by atoms with Crippen molar-refractivity contribution in [3.05, 3.63) is 11.6 Å². The first-order valence-electron chi connectivity index (χ1n) is 4.70. The summed E-state index contributed by atoms with van der Waals surface area (Å²) in [6.07, 6.45) is 1.67. The molecule has 0 bridgehead atoms. The molecule has 0 radical (unpaired) electrons. The van der Waals surface area contributed by atoms with Crippen molar-refractivity contribution in [3.63, 3.8) is 0 Å². The van der Waals surface area contributed by atoms with Crippen molar-refractivity contribution in [2.45, 2.75) is 40.2 Å². The largest absolute Gasteiger partial charge is 0.347 e. The Bertz CT molecular complexity index is 277. The fourth-order valence-corrected chi connectivity index (χ4v) is 0.905. The minimum atomic E-state index is -0.302. The Labute approximate surface area is 85.8 Å². The summed E-state index contributed by atoms with van der Waals surface area (Å²) in [5.41, 5.74) is -0.112. The molecule has 78 valence electrons. The van der Waals surface area contributed by atoms with Gasteiger partial charge in [0.2, 0.25) is 0 Å². The van der Waals surface area contributed by atoms with Crippen LogP contribution in [-0.4, -0.2) is 11.4 Å². The van der Waals surface area contributed by atoms with E-state index in [9.17, 15) is 4.79 Å². The lowest BCUT2D eigenvalue weighted by Crippen LogP contribution is -2.41.